The lowest BCUT2D eigenvalue weighted by atomic mass is 10.1. The van der Waals surface area contributed by atoms with E-state index in [4.69, 9.17) is 0 Å². The molecule has 0 spiro atoms. The molecule has 0 saturated carbocycles. The van der Waals surface area contributed by atoms with Crippen LogP contribution < -0.4 is 16.6 Å². The molecule has 0 fully saturated rings. The van der Waals surface area contributed by atoms with Crippen LogP contribution in [-0.4, -0.2) is 24.7 Å². The molecular weight excluding hydrogens is 402 g/mol. The first-order valence-electron chi connectivity index (χ1n) is 9.72. The Kier molecular flexibility index (Phi) is 5.07. The Hall–Kier alpha value is -3.20. The highest BCUT2D eigenvalue weighted by Gasteiger charge is 2.20. The summed E-state index contributed by atoms with van der Waals surface area (Å²) in [6, 6.07) is 7.48. The van der Waals surface area contributed by atoms with Gasteiger partial charge in [0.2, 0.25) is 11.7 Å². The second kappa shape index (κ2) is 7.56. The molecule has 1 amide bonds. The topological polar surface area (TPSA) is 90.4 Å². The van der Waals surface area contributed by atoms with Crippen LogP contribution in [0, 0.1) is 19.8 Å². The molecule has 8 nitrogen and oxygen atoms in total. The Morgan fingerprint density at radius 2 is 1.87 bits per heavy atom. The maximum atomic E-state index is 13.1. The van der Waals surface area contributed by atoms with Crippen LogP contribution >= 0.6 is 11.3 Å². The van der Waals surface area contributed by atoms with Gasteiger partial charge in [0.25, 0.3) is 5.56 Å². The molecule has 1 N–H and O–H groups in total. The summed E-state index contributed by atoms with van der Waals surface area (Å²) in [5.41, 5.74) is 2.65. The van der Waals surface area contributed by atoms with Gasteiger partial charge >= 0.3 is 5.69 Å². The molecule has 4 aromatic rings. The van der Waals surface area contributed by atoms with Gasteiger partial charge in [0.1, 0.15) is 11.2 Å². The van der Waals surface area contributed by atoms with E-state index in [1.807, 2.05) is 45.9 Å². The fraction of sp³-hybridized carbons (Fsp3) is 0.333. The van der Waals surface area contributed by atoms with Gasteiger partial charge in [-0.15, -0.1) is 16.4 Å². The number of hydrogen-bond acceptors (Lipinski definition) is 5. The summed E-state index contributed by atoms with van der Waals surface area (Å²) in [5.74, 6) is 0.0886. The van der Waals surface area contributed by atoms with Crippen molar-refractivity contribution in [1.82, 2.24) is 18.7 Å². The first-order valence-corrected chi connectivity index (χ1v) is 10.6. The molecule has 4 rings (SSSR count). The summed E-state index contributed by atoms with van der Waals surface area (Å²) in [5, 5.41) is 8.95. The lowest BCUT2D eigenvalue weighted by molar-refractivity contribution is -0.117. The number of benzene rings is 1. The zero-order valence-corrected chi connectivity index (χ0v) is 18.1. The molecule has 0 bridgehead atoms. The minimum absolute atomic E-state index is 0.168. The van der Waals surface area contributed by atoms with E-state index in [0.29, 0.717) is 22.4 Å². The van der Waals surface area contributed by atoms with Crippen molar-refractivity contribution in [3.8, 4) is 0 Å². The van der Waals surface area contributed by atoms with Crippen molar-refractivity contribution in [3.05, 3.63) is 61.6 Å². The third-order valence-electron chi connectivity index (χ3n) is 4.73. The van der Waals surface area contributed by atoms with Gasteiger partial charge in [-0.1, -0.05) is 19.9 Å². The van der Waals surface area contributed by atoms with Crippen molar-refractivity contribution in [3.63, 3.8) is 0 Å². The summed E-state index contributed by atoms with van der Waals surface area (Å²) >= 11 is 1.30. The molecule has 0 aliphatic heterocycles. The first-order chi connectivity index (χ1) is 14.2. The first kappa shape index (κ1) is 20.1. The molecule has 30 heavy (non-hydrogen) atoms. The van der Waals surface area contributed by atoms with E-state index >= 15 is 0 Å². The number of fused-ring (bicyclic) bond motifs is 3. The fourth-order valence-corrected chi connectivity index (χ4v) is 4.47. The number of aromatic nitrogens is 4. The van der Waals surface area contributed by atoms with Gasteiger partial charge in [0.15, 0.2) is 0 Å². The van der Waals surface area contributed by atoms with Crippen LogP contribution in [0.3, 0.4) is 0 Å². The normalized spacial score (nSPS) is 11.6. The molecule has 0 saturated heterocycles. The fourth-order valence-electron chi connectivity index (χ4n) is 3.65. The third kappa shape index (κ3) is 3.56. The Morgan fingerprint density at radius 3 is 2.53 bits per heavy atom. The van der Waals surface area contributed by atoms with E-state index in [1.165, 1.54) is 20.3 Å². The molecule has 1 aromatic carbocycles. The molecule has 0 aliphatic carbocycles. The van der Waals surface area contributed by atoms with E-state index in [1.54, 1.807) is 11.4 Å². The molecule has 0 unspecified atom stereocenters. The van der Waals surface area contributed by atoms with Crippen molar-refractivity contribution >= 4 is 38.9 Å². The zero-order chi connectivity index (χ0) is 21.6. The molecule has 0 atom stereocenters. The van der Waals surface area contributed by atoms with Gasteiger partial charge < -0.3 is 5.32 Å². The van der Waals surface area contributed by atoms with E-state index in [0.717, 1.165) is 15.8 Å². The SMILES string of the molecule is Cc1cc(C)cc(NC(=O)Cn2nc3n(CC(C)C)c(=O)c4sccc4n3c2=O)c1. The Balaban J connectivity index is 1.77. The average Bonchev–Trinajstić information content (AvgIpc) is 3.23. The summed E-state index contributed by atoms with van der Waals surface area (Å²) in [4.78, 5) is 38.6. The standard InChI is InChI=1S/C21H23N5O3S/c1-12(2)10-24-19(28)18-16(5-6-30-18)26-20(24)23-25(21(26)29)11-17(27)22-15-8-13(3)7-14(4)9-15/h5-9,12H,10-11H2,1-4H3,(H,22,27). The molecule has 3 heterocycles. The third-order valence-corrected chi connectivity index (χ3v) is 5.63. The summed E-state index contributed by atoms with van der Waals surface area (Å²) < 4.78 is 4.55. The van der Waals surface area contributed by atoms with E-state index < -0.39 is 5.69 Å². The van der Waals surface area contributed by atoms with Crippen molar-refractivity contribution < 1.29 is 4.79 Å². The summed E-state index contributed by atoms with van der Waals surface area (Å²) in [7, 11) is 0. The van der Waals surface area contributed by atoms with Gasteiger partial charge in [0.05, 0.1) is 5.52 Å². The van der Waals surface area contributed by atoms with Gasteiger partial charge in [0, 0.05) is 12.2 Å². The number of nitrogens with zero attached hydrogens (tertiary/aromatic N) is 4. The quantitative estimate of drug-likeness (QED) is 0.532. The number of nitrogens with one attached hydrogen (secondary N) is 1. The predicted octanol–water partition coefficient (Wildman–Crippen LogP) is 2.78. The Morgan fingerprint density at radius 1 is 1.17 bits per heavy atom. The minimum Gasteiger partial charge on any atom is -0.324 e. The minimum atomic E-state index is -0.443. The smallest absolute Gasteiger partial charge is 0.324 e. The largest absolute Gasteiger partial charge is 0.352 e. The average molecular weight is 426 g/mol. The van der Waals surface area contributed by atoms with Crippen LogP contribution in [0.25, 0.3) is 16.0 Å². The van der Waals surface area contributed by atoms with Gasteiger partial charge in [-0.3, -0.25) is 14.2 Å². The number of hydrogen-bond donors (Lipinski definition) is 1. The number of carbonyl (C=O) groups is 1. The van der Waals surface area contributed by atoms with Gasteiger partial charge in [-0.05, 0) is 54.5 Å². The highest BCUT2D eigenvalue weighted by molar-refractivity contribution is 7.17. The second-order valence-electron chi connectivity index (χ2n) is 7.94. The van der Waals surface area contributed by atoms with Crippen LogP contribution in [0.1, 0.15) is 25.0 Å². The molecule has 3 aromatic heterocycles. The van der Waals surface area contributed by atoms with E-state index in [2.05, 4.69) is 10.4 Å². The molecule has 9 heteroatoms. The van der Waals surface area contributed by atoms with E-state index in [9.17, 15) is 14.4 Å². The highest BCUT2D eigenvalue weighted by atomic mass is 32.1. The molecule has 0 aliphatic rings. The number of carbonyl (C=O) groups excluding carboxylic acids is 1. The molecular formula is C21H23N5O3S. The molecule has 0 radical (unpaired) electrons. The maximum Gasteiger partial charge on any atom is 0.352 e. The Bertz CT molecular complexity index is 1370. The summed E-state index contributed by atoms with van der Waals surface area (Å²) in [6.07, 6.45) is 0. The number of rotatable bonds is 5. The van der Waals surface area contributed by atoms with Crippen LogP contribution in [0.5, 0.6) is 0 Å². The maximum absolute atomic E-state index is 13.1. The Labute approximate surface area is 176 Å². The van der Waals surface area contributed by atoms with Crippen LogP contribution in [-0.2, 0) is 17.9 Å². The number of thiophene rings is 1. The lowest BCUT2D eigenvalue weighted by Gasteiger charge is -2.09. The van der Waals surface area contributed by atoms with Crippen molar-refractivity contribution in [2.45, 2.75) is 40.8 Å². The monoisotopic (exact) mass is 425 g/mol. The zero-order valence-electron chi connectivity index (χ0n) is 17.3. The molecule has 156 valence electrons. The van der Waals surface area contributed by atoms with Gasteiger partial charge in [-0.25, -0.2) is 13.9 Å². The van der Waals surface area contributed by atoms with Crippen molar-refractivity contribution in [1.29, 1.82) is 0 Å². The van der Waals surface area contributed by atoms with Crippen LogP contribution in [0.2, 0.25) is 0 Å². The van der Waals surface area contributed by atoms with Gasteiger partial charge in [-0.2, -0.15) is 0 Å². The predicted molar refractivity (Wildman–Crippen MR) is 118 cm³/mol. The second-order valence-corrected chi connectivity index (χ2v) is 8.86. The number of anilines is 1. The van der Waals surface area contributed by atoms with Crippen LogP contribution in [0.15, 0.2) is 39.2 Å². The van der Waals surface area contributed by atoms with Crippen molar-refractivity contribution in [2.75, 3.05) is 5.32 Å². The number of aryl methyl sites for hydroxylation is 2. The van der Waals surface area contributed by atoms with Crippen LogP contribution in [0.4, 0.5) is 5.69 Å². The van der Waals surface area contributed by atoms with E-state index in [-0.39, 0.29) is 29.7 Å². The lowest BCUT2D eigenvalue weighted by Crippen LogP contribution is -2.29. The summed E-state index contributed by atoms with van der Waals surface area (Å²) in [6.45, 7) is 8.09. The highest BCUT2D eigenvalue weighted by Crippen LogP contribution is 2.18. The number of amides is 1. The van der Waals surface area contributed by atoms with Crippen molar-refractivity contribution in [2.24, 2.45) is 5.92 Å².